The minimum atomic E-state index is -0.466. The second-order valence-corrected chi connectivity index (χ2v) is 14.1. The number of amides is 2. The Balaban J connectivity index is 1.24. The van der Waals surface area contributed by atoms with E-state index in [1.165, 1.54) is 0 Å². The molecule has 0 aliphatic carbocycles. The van der Waals surface area contributed by atoms with E-state index in [1.807, 2.05) is 0 Å². The molecule has 2 aliphatic rings. The SMILES string of the molecule is CC1(C)CC(OC(=O)Nc2ccc(Oc3ccc(NC(=O)OC4CC(C)(C)NC(C)(C)C4)cc3)cc2)CC(C)(C)N1. The largest absolute Gasteiger partial charge is 0.457 e. The highest BCUT2D eigenvalue weighted by atomic mass is 16.6. The smallest absolute Gasteiger partial charge is 0.411 e. The Labute approximate surface area is 244 Å². The van der Waals surface area contributed by atoms with Crippen LogP contribution in [0.1, 0.15) is 81.1 Å². The molecule has 41 heavy (non-hydrogen) atoms. The first-order chi connectivity index (χ1) is 19.0. The molecule has 2 fully saturated rings. The molecule has 0 aromatic heterocycles. The Kier molecular flexibility index (Phi) is 8.62. The molecule has 9 nitrogen and oxygen atoms in total. The van der Waals surface area contributed by atoms with Crippen LogP contribution in [0.3, 0.4) is 0 Å². The number of hydrogen-bond donors (Lipinski definition) is 4. The van der Waals surface area contributed by atoms with Gasteiger partial charge in [-0.05, 0) is 104 Å². The number of piperidine rings is 2. The number of carbonyl (C=O) groups excluding carboxylic acids is 2. The quantitative estimate of drug-likeness (QED) is 0.293. The molecule has 4 N–H and O–H groups in total. The van der Waals surface area contributed by atoms with Crippen molar-refractivity contribution in [2.75, 3.05) is 10.6 Å². The number of carbonyl (C=O) groups is 2. The Hall–Kier alpha value is -3.30. The lowest BCUT2D eigenvalue weighted by Gasteiger charge is -2.45. The van der Waals surface area contributed by atoms with Gasteiger partial charge in [-0.2, -0.15) is 0 Å². The molecule has 4 rings (SSSR count). The summed E-state index contributed by atoms with van der Waals surface area (Å²) in [6, 6.07) is 14.2. The van der Waals surface area contributed by atoms with Crippen molar-refractivity contribution < 1.29 is 23.8 Å². The minimum Gasteiger partial charge on any atom is -0.457 e. The van der Waals surface area contributed by atoms with Crippen LogP contribution in [0.5, 0.6) is 11.5 Å². The first-order valence-corrected chi connectivity index (χ1v) is 14.4. The second kappa shape index (κ2) is 11.5. The summed E-state index contributed by atoms with van der Waals surface area (Å²) in [7, 11) is 0. The number of ether oxygens (including phenoxy) is 3. The van der Waals surface area contributed by atoms with Crippen molar-refractivity contribution in [1.82, 2.24) is 10.6 Å². The van der Waals surface area contributed by atoms with Crippen LogP contribution < -0.4 is 26.0 Å². The van der Waals surface area contributed by atoms with Crippen molar-refractivity contribution in [3.05, 3.63) is 48.5 Å². The summed E-state index contributed by atoms with van der Waals surface area (Å²) in [6.07, 6.45) is 1.75. The van der Waals surface area contributed by atoms with Crippen LogP contribution in [0.25, 0.3) is 0 Å². The van der Waals surface area contributed by atoms with Crippen LogP contribution in [0.2, 0.25) is 0 Å². The summed E-state index contributed by atoms with van der Waals surface area (Å²) in [6.45, 7) is 17.0. The molecule has 2 saturated heterocycles. The van der Waals surface area contributed by atoms with Gasteiger partial charge >= 0.3 is 12.2 Å². The Morgan fingerprint density at radius 3 is 1.17 bits per heavy atom. The predicted molar refractivity (Wildman–Crippen MR) is 162 cm³/mol. The lowest BCUT2D eigenvalue weighted by molar-refractivity contribution is 0.0245. The zero-order valence-electron chi connectivity index (χ0n) is 25.6. The number of rotatable bonds is 6. The third-order valence-corrected chi connectivity index (χ3v) is 7.29. The Morgan fingerprint density at radius 2 is 0.878 bits per heavy atom. The van der Waals surface area contributed by atoms with Crippen LogP contribution in [-0.4, -0.2) is 46.6 Å². The van der Waals surface area contributed by atoms with E-state index in [1.54, 1.807) is 48.5 Å². The van der Waals surface area contributed by atoms with Gasteiger partial charge in [0.2, 0.25) is 0 Å². The monoisotopic (exact) mass is 566 g/mol. The van der Waals surface area contributed by atoms with Gasteiger partial charge in [-0.1, -0.05) is 0 Å². The van der Waals surface area contributed by atoms with E-state index in [-0.39, 0.29) is 34.4 Å². The van der Waals surface area contributed by atoms with E-state index in [4.69, 9.17) is 14.2 Å². The maximum Gasteiger partial charge on any atom is 0.411 e. The molecule has 0 saturated carbocycles. The molecule has 0 atom stereocenters. The third-order valence-electron chi connectivity index (χ3n) is 7.29. The zero-order chi connectivity index (χ0) is 30.1. The maximum absolute atomic E-state index is 12.5. The molecular weight excluding hydrogens is 520 g/mol. The fourth-order valence-corrected chi connectivity index (χ4v) is 6.57. The van der Waals surface area contributed by atoms with Gasteiger partial charge in [0.25, 0.3) is 0 Å². The summed E-state index contributed by atoms with van der Waals surface area (Å²) in [5.74, 6) is 1.23. The number of hydrogen-bond acceptors (Lipinski definition) is 7. The van der Waals surface area contributed by atoms with Gasteiger partial charge in [0, 0.05) is 59.2 Å². The van der Waals surface area contributed by atoms with Gasteiger partial charge in [-0.3, -0.25) is 10.6 Å². The fourth-order valence-electron chi connectivity index (χ4n) is 6.57. The minimum absolute atomic E-state index is 0.106. The number of nitrogens with one attached hydrogen (secondary N) is 4. The molecule has 9 heteroatoms. The van der Waals surface area contributed by atoms with Gasteiger partial charge in [-0.15, -0.1) is 0 Å². The molecular formula is C32H46N4O5. The molecule has 0 unspecified atom stereocenters. The van der Waals surface area contributed by atoms with Gasteiger partial charge in [0.15, 0.2) is 0 Å². The van der Waals surface area contributed by atoms with Crippen molar-refractivity contribution in [3.63, 3.8) is 0 Å². The predicted octanol–water partition coefficient (Wildman–Crippen LogP) is 7.19. The highest BCUT2D eigenvalue weighted by Gasteiger charge is 2.40. The summed E-state index contributed by atoms with van der Waals surface area (Å²) in [5.41, 5.74) is 0.813. The molecule has 0 spiro atoms. The highest BCUT2D eigenvalue weighted by molar-refractivity contribution is 5.85. The Bertz CT molecular complexity index is 1090. The van der Waals surface area contributed by atoms with Gasteiger partial charge in [0.05, 0.1) is 0 Å². The molecule has 2 amide bonds. The van der Waals surface area contributed by atoms with Crippen molar-refractivity contribution in [1.29, 1.82) is 0 Å². The molecule has 2 heterocycles. The van der Waals surface area contributed by atoms with Crippen LogP contribution in [0, 0.1) is 0 Å². The maximum atomic E-state index is 12.5. The van der Waals surface area contributed by atoms with Crippen molar-refractivity contribution in [2.24, 2.45) is 0 Å². The lowest BCUT2D eigenvalue weighted by Crippen LogP contribution is -2.59. The van der Waals surface area contributed by atoms with Crippen LogP contribution in [0.15, 0.2) is 48.5 Å². The summed E-state index contributed by atoms with van der Waals surface area (Å²) < 4.78 is 17.4. The Morgan fingerprint density at radius 1 is 0.585 bits per heavy atom. The fraction of sp³-hybridized carbons (Fsp3) is 0.562. The molecule has 2 aromatic rings. The van der Waals surface area contributed by atoms with E-state index in [0.717, 1.165) is 25.7 Å². The van der Waals surface area contributed by atoms with Crippen molar-refractivity contribution in [2.45, 2.75) is 115 Å². The zero-order valence-corrected chi connectivity index (χ0v) is 25.6. The molecule has 2 aromatic carbocycles. The van der Waals surface area contributed by atoms with Crippen LogP contribution in [-0.2, 0) is 9.47 Å². The molecule has 0 radical (unpaired) electrons. The van der Waals surface area contributed by atoms with E-state index in [2.05, 4.69) is 76.7 Å². The van der Waals surface area contributed by atoms with Gasteiger partial charge < -0.3 is 24.8 Å². The summed E-state index contributed by atoms with van der Waals surface area (Å²) in [5, 5.41) is 12.8. The van der Waals surface area contributed by atoms with Crippen molar-refractivity contribution >= 4 is 23.6 Å². The van der Waals surface area contributed by atoms with E-state index < -0.39 is 12.2 Å². The average Bonchev–Trinajstić information content (AvgIpc) is 2.77. The second-order valence-electron chi connectivity index (χ2n) is 14.1. The molecule has 224 valence electrons. The van der Waals surface area contributed by atoms with Crippen LogP contribution >= 0.6 is 0 Å². The molecule has 0 bridgehead atoms. The highest BCUT2D eigenvalue weighted by Crippen LogP contribution is 2.32. The standard InChI is InChI=1S/C32H46N4O5/c1-29(2)17-25(18-30(3,4)35-29)40-27(37)33-21-9-13-23(14-10-21)39-24-15-11-22(12-16-24)34-28(38)41-26-19-31(5,6)36-32(7,8)20-26/h9-16,25-26,35-36H,17-20H2,1-8H3,(H,33,37)(H,34,38). The summed E-state index contributed by atoms with van der Waals surface area (Å²) in [4.78, 5) is 25.1. The number of benzene rings is 2. The first kappa shape index (κ1) is 30.7. The van der Waals surface area contributed by atoms with E-state index in [0.29, 0.717) is 22.9 Å². The average molecular weight is 567 g/mol. The molecule has 2 aliphatic heterocycles. The normalized spacial score (nSPS) is 21.4. The van der Waals surface area contributed by atoms with Gasteiger partial charge in [-0.25, -0.2) is 9.59 Å². The van der Waals surface area contributed by atoms with Crippen molar-refractivity contribution in [3.8, 4) is 11.5 Å². The number of anilines is 2. The summed E-state index contributed by atoms with van der Waals surface area (Å²) >= 11 is 0. The third kappa shape index (κ3) is 9.36. The first-order valence-electron chi connectivity index (χ1n) is 14.4. The van der Waals surface area contributed by atoms with Crippen LogP contribution in [0.4, 0.5) is 21.0 Å². The van der Waals surface area contributed by atoms with Gasteiger partial charge in [0.1, 0.15) is 23.7 Å². The van der Waals surface area contributed by atoms with E-state index >= 15 is 0 Å². The lowest BCUT2D eigenvalue weighted by atomic mass is 9.81. The van der Waals surface area contributed by atoms with E-state index in [9.17, 15) is 9.59 Å². The topological polar surface area (TPSA) is 110 Å².